The first-order chi connectivity index (χ1) is 10.4. The highest BCUT2D eigenvalue weighted by Crippen LogP contribution is 2.22. The molecule has 23 heavy (non-hydrogen) atoms. The summed E-state index contributed by atoms with van der Waals surface area (Å²) in [5, 5.41) is 8.58. The summed E-state index contributed by atoms with van der Waals surface area (Å²) in [6, 6.07) is 4.38. The standard InChI is InChI=1S/C14H24N4O2S2.HI/c1-15-14(17-11-6-8-22(19,20)10-11)16-9-12(18(2)3)13-5-4-7-21-13;/h4-5,7,11-12H,6,8-10H2,1-3H3,(H2,15,16,17);1H. The van der Waals surface area contributed by atoms with Gasteiger partial charge in [0, 0.05) is 24.5 Å². The Labute approximate surface area is 159 Å². The molecule has 1 saturated heterocycles. The first-order valence-electron chi connectivity index (χ1n) is 7.28. The van der Waals surface area contributed by atoms with Crippen LogP contribution in [0.25, 0.3) is 0 Å². The number of nitrogens with one attached hydrogen (secondary N) is 2. The number of hydrogen-bond acceptors (Lipinski definition) is 5. The average molecular weight is 472 g/mol. The molecule has 2 atom stereocenters. The summed E-state index contributed by atoms with van der Waals surface area (Å²) in [7, 11) is 2.92. The molecule has 2 unspecified atom stereocenters. The van der Waals surface area contributed by atoms with E-state index in [9.17, 15) is 8.42 Å². The number of thiophene rings is 1. The minimum absolute atomic E-state index is 0. The van der Waals surface area contributed by atoms with Crippen LogP contribution in [-0.4, -0.2) is 64.5 Å². The summed E-state index contributed by atoms with van der Waals surface area (Å²) < 4.78 is 23.0. The molecule has 1 aliphatic rings. The van der Waals surface area contributed by atoms with E-state index in [-0.39, 0.29) is 47.6 Å². The second-order valence-corrected chi connectivity index (χ2v) is 8.90. The second-order valence-electron chi connectivity index (χ2n) is 5.69. The molecule has 132 valence electrons. The maximum absolute atomic E-state index is 11.5. The molecule has 1 aliphatic heterocycles. The van der Waals surface area contributed by atoms with E-state index in [2.05, 4.69) is 32.0 Å². The maximum atomic E-state index is 11.5. The Morgan fingerprint density at radius 1 is 1.52 bits per heavy atom. The molecule has 6 nitrogen and oxygen atoms in total. The largest absolute Gasteiger partial charge is 0.354 e. The van der Waals surface area contributed by atoms with Crippen LogP contribution in [0.3, 0.4) is 0 Å². The fraction of sp³-hybridized carbons (Fsp3) is 0.643. The van der Waals surface area contributed by atoms with Crippen LogP contribution in [0.4, 0.5) is 0 Å². The number of rotatable bonds is 5. The normalized spacial score (nSPS) is 21.7. The lowest BCUT2D eigenvalue weighted by molar-refractivity contribution is 0.302. The molecule has 9 heteroatoms. The van der Waals surface area contributed by atoms with Crippen molar-refractivity contribution in [1.82, 2.24) is 15.5 Å². The number of nitrogens with zero attached hydrogens (tertiary/aromatic N) is 2. The first kappa shape index (κ1) is 20.7. The van der Waals surface area contributed by atoms with Gasteiger partial charge in [0.05, 0.1) is 17.5 Å². The van der Waals surface area contributed by atoms with Gasteiger partial charge in [-0.3, -0.25) is 4.99 Å². The van der Waals surface area contributed by atoms with Crippen LogP contribution in [-0.2, 0) is 9.84 Å². The zero-order valence-corrected chi connectivity index (χ0v) is 17.6. The molecular weight excluding hydrogens is 447 g/mol. The van der Waals surface area contributed by atoms with Gasteiger partial charge in [-0.15, -0.1) is 35.3 Å². The van der Waals surface area contributed by atoms with Crippen LogP contribution in [0.1, 0.15) is 17.3 Å². The average Bonchev–Trinajstić information content (AvgIpc) is 3.07. The van der Waals surface area contributed by atoms with Crippen molar-refractivity contribution in [3.8, 4) is 0 Å². The molecule has 0 amide bonds. The Hall–Kier alpha value is -0.390. The van der Waals surface area contributed by atoms with Crippen molar-refractivity contribution in [2.24, 2.45) is 4.99 Å². The fourth-order valence-electron chi connectivity index (χ4n) is 2.51. The van der Waals surface area contributed by atoms with Crippen molar-refractivity contribution in [2.75, 3.05) is 39.2 Å². The van der Waals surface area contributed by atoms with Crippen LogP contribution >= 0.6 is 35.3 Å². The molecule has 0 radical (unpaired) electrons. The van der Waals surface area contributed by atoms with Crippen molar-refractivity contribution in [3.05, 3.63) is 22.4 Å². The third-order valence-corrected chi connectivity index (χ3v) is 6.50. The minimum atomic E-state index is -2.88. The first-order valence-corrected chi connectivity index (χ1v) is 9.99. The van der Waals surface area contributed by atoms with Crippen LogP contribution in [0, 0.1) is 0 Å². The molecule has 1 aromatic rings. The van der Waals surface area contributed by atoms with Gasteiger partial charge in [-0.05, 0) is 32.0 Å². The SMILES string of the molecule is CN=C(NCC(c1cccs1)N(C)C)NC1CCS(=O)(=O)C1.I. The predicted octanol–water partition coefficient (Wildman–Crippen LogP) is 1.32. The summed E-state index contributed by atoms with van der Waals surface area (Å²) >= 11 is 1.73. The molecule has 1 fully saturated rings. The van der Waals surface area contributed by atoms with Gasteiger partial charge in [-0.1, -0.05) is 6.07 Å². The third kappa shape index (κ3) is 6.20. The van der Waals surface area contributed by atoms with Gasteiger partial charge in [-0.2, -0.15) is 0 Å². The van der Waals surface area contributed by atoms with Crippen LogP contribution < -0.4 is 10.6 Å². The van der Waals surface area contributed by atoms with Crippen molar-refractivity contribution >= 4 is 51.1 Å². The summed E-state index contributed by atoms with van der Waals surface area (Å²) in [5.41, 5.74) is 0. The zero-order valence-electron chi connectivity index (χ0n) is 13.7. The number of likely N-dealkylation sites (N-methyl/N-ethyl adjacent to an activating group) is 1. The Kier molecular flexibility index (Phi) is 8.25. The Morgan fingerprint density at radius 2 is 2.26 bits per heavy atom. The summed E-state index contributed by atoms with van der Waals surface area (Å²) in [4.78, 5) is 7.64. The highest BCUT2D eigenvalue weighted by atomic mass is 127. The van der Waals surface area contributed by atoms with Crippen LogP contribution in [0.15, 0.2) is 22.5 Å². The van der Waals surface area contributed by atoms with E-state index in [1.54, 1.807) is 18.4 Å². The third-order valence-electron chi connectivity index (χ3n) is 3.75. The van der Waals surface area contributed by atoms with Crippen molar-refractivity contribution in [1.29, 1.82) is 0 Å². The highest BCUT2D eigenvalue weighted by molar-refractivity contribution is 14.0. The van der Waals surface area contributed by atoms with Gasteiger partial charge < -0.3 is 15.5 Å². The number of aliphatic imine (C=N–C) groups is 1. The molecule has 2 N–H and O–H groups in total. The quantitative estimate of drug-likeness (QED) is 0.384. The number of hydrogen-bond donors (Lipinski definition) is 2. The van der Waals surface area contributed by atoms with Gasteiger partial charge in [-0.25, -0.2) is 8.42 Å². The van der Waals surface area contributed by atoms with E-state index >= 15 is 0 Å². The van der Waals surface area contributed by atoms with Gasteiger partial charge >= 0.3 is 0 Å². The van der Waals surface area contributed by atoms with E-state index in [4.69, 9.17) is 0 Å². The number of halogens is 1. The Bertz CT molecular complexity index is 602. The highest BCUT2D eigenvalue weighted by Gasteiger charge is 2.28. The Balaban J connectivity index is 0.00000264. The lowest BCUT2D eigenvalue weighted by Crippen LogP contribution is -2.46. The molecule has 0 bridgehead atoms. The maximum Gasteiger partial charge on any atom is 0.191 e. The van der Waals surface area contributed by atoms with E-state index in [1.807, 2.05) is 20.2 Å². The molecule has 0 spiro atoms. The van der Waals surface area contributed by atoms with Gasteiger partial charge in [0.2, 0.25) is 0 Å². The van der Waals surface area contributed by atoms with Crippen LogP contribution in [0.5, 0.6) is 0 Å². The van der Waals surface area contributed by atoms with Crippen molar-refractivity contribution < 1.29 is 8.42 Å². The predicted molar refractivity (Wildman–Crippen MR) is 108 cm³/mol. The molecule has 0 saturated carbocycles. The molecule has 2 heterocycles. The van der Waals surface area contributed by atoms with E-state index in [1.165, 1.54) is 4.88 Å². The van der Waals surface area contributed by atoms with Gasteiger partial charge in [0.15, 0.2) is 15.8 Å². The molecule has 0 aliphatic carbocycles. The molecule has 1 aromatic heterocycles. The van der Waals surface area contributed by atoms with E-state index < -0.39 is 9.84 Å². The minimum Gasteiger partial charge on any atom is -0.354 e. The lowest BCUT2D eigenvalue weighted by Gasteiger charge is -2.25. The second kappa shape index (κ2) is 9.19. The summed E-state index contributed by atoms with van der Waals surface area (Å²) in [5.74, 6) is 1.11. The van der Waals surface area contributed by atoms with Crippen LogP contribution in [0.2, 0.25) is 0 Å². The van der Waals surface area contributed by atoms with E-state index in [0.717, 1.165) is 0 Å². The van der Waals surface area contributed by atoms with E-state index in [0.29, 0.717) is 18.9 Å². The van der Waals surface area contributed by atoms with Crippen molar-refractivity contribution in [2.45, 2.75) is 18.5 Å². The number of guanidine groups is 1. The summed E-state index contributed by atoms with van der Waals surface area (Å²) in [6.07, 6.45) is 0.644. The smallest absolute Gasteiger partial charge is 0.191 e. The Morgan fingerprint density at radius 3 is 2.74 bits per heavy atom. The van der Waals surface area contributed by atoms with Crippen molar-refractivity contribution in [3.63, 3.8) is 0 Å². The summed E-state index contributed by atoms with van der Waals surface area (Å²) in [6.45, 7) is 0.715. The van der Waals surface area contributed by atoms with Gasteiger partial charge in [0.25, 0.3) is 0 Å². The number of sulfone groups is 1. The molecule has 2 rings (SSSR count). The fourth-order valence-corrected chi connectivity index (χ4v) is 5.10. The van der Waals surface area contributed by atoms with Gasteiger partial charge in [0.1, 0.15) is 0 Å². The molecular formula is C14H25IN4O2S2. The molecule has 0 aromatic carbocycles. The lowest BCUT2D eigenvalue weighted by atomic mass is 10.2. The zero-order chi connectivity index (χ0) is 16.2. The topological polar surface area (TPSA) is 73.8 Å². The monoisotopic (exact) mass is 472 g/mol.